The Bertz CT molecular complexity index is 1820. The molecular formula is C35H40F3N11O3. The average Bonchev–Trinajstić information content (AvgIpc) is 3.83. The summed E-state index contributed by atoms with van der Waals surface area (Å²) in [5.41, 5.74) is 3.40. The van der Waals surface area contributed by atoms with E-state index in [1.54, 1.807) is 23.3 Å². The van der Waals surface area contributed by atoms with E-state index in [4.69, 9.17) is 14.9 Å². The summed E-state index contributed by atoms with van der Waals surface area (Å²) in [6.07, 6.45) is 6.40. The fraction of sp³-hybridized carbons (Fsp3) is 0.400. The van der Waals surface area contributed by atoms with Crippen molar-refractivity contribution in [3.05, 3.63) is 78.4 Å². The van der Waals surface area contributed by atoms with Crippen LogP contribution in [0.25, 0.3) is 11.1 Å². The van der Waals surface area contributed by atoms with Crippen molar-refractivity contribution in [2.75, 3.05) is 35.2 Å². The molecule has 2 amide bonds. The molecule has 0 radical (unpaired) electrons. The van der Waals surface area contributed by atoms with Crippen LogP contribution in [0.15, 0.2) is 67.3 Å². The fourth-order valence-electron chi connectivity index (χ4n) is 6.04. The summed E-state index contributed by atoms with van der Waals surface area (Å²) in [6, 6.07) is 16.0. The van der Waals surface area contributed by atoms with Gasteiger partial charge in [-0.15, -0.1) is 0 Å². The molecule has 1 aliphatic heterocycles. The Kier molecular flexibility index (Phi) is 12.6. The van der Waals surface area contributed by atoms with Crippen LogP contribution in [-0.4, -0.2) is 79.7 Å². The molecule has 1 saturated heterocycles. The van der Waals surface area contributed by atoms with Crippen molar-refractivity contribution < 1.29 is 27.9 Å². The minimum Gasteiger partial charge on any atom is -0.475 e. The molecule has 52 heavy (non-hydrogen) atoms. The lowest BCUT2D eigenvalue weighted by Gasteiger charge is -2.36. The van der Waals surface area contributed by atoms with Gasteiger partial charge in [0, 0.05) is 55.7 Å². The van der Waals surface area contributed by atoms with Crippen LogP contribution in [0.2, 0.25) is 0 Å². The van der Waals surface area contributed by atoms with Gasteiger partial charge in [0.1, 0.15) is 23.3 Å². The average molecular weight is 720 g/mol. The highest BCUT2D eigenvalue weighted by Crippen LogP contribution is 2.30. The SMILES string of the molecule is Cn1cc(-c2ccc(N(C(=O)NCc3ccccc3)C3CCC(Nc4ncc(C#N)c(NCC5CCNC5)n4)CC3)nc2)cn1.O=C(O)C(F)(F)F. The highest BCUT2D eigenvalue weighted by molar-refractivity contribution is 5.91. The Morgan fingerprint density at radius 2 is 1.79 bits per heavy atom. The first-order chi connectivity index (χ1) is 25.0. The van der Waals surface area contributed by atoms with E-state index in [0.29, 0.717) is 35.6 Å². The fourth-order valence-corrected chi connectivity index (χ4v) is 6.04. The zero-order chi connectivity index (χ0) is 37.1. The summed E-state index contributed by atoms with van der Waals surface area (Å²) >= 11 is 0. The second-order valence-electron chi connectivity index (χ2n) is 12.6. The molecule has 0 spiro atoms. The molecule has 4 aromatic rings. The monoisotopic (exact) mass is 719 g/mol. The quantitative estimate of drug-likeness (QED) is 0.150. The van der Waals surface area contributed by atoms with E-state index in [2.05, 4.69) is 42.4 Å². The van der Waals surface area contributed by atoms with Crippen LogP contribution in [0.4, 0.5) is 35.5 Å². The van der Waals surface area contributed by atoms with Crippen LogP contribution < -0.4 is 26.2 Å². The predicted molar refractivity (Wildman–Crippen MR) is 187 cm³/mol. The first-order valence-electron chi connectivity index (χ1n) is 16.8. The van der Waals surface area contributed by atoms with Crippen molar-refractivity contribution in [2.45, 2.75) is 56.9 Å². The Morgan fingerprint density at radius 3 is 2.38 bits per heavy atom. The number of aromatic nitrogens is 5. The lowest BCUT2D eigenvalue weighted by atomic mass is 9.90. The number of carbonyl (C=O) groups is 2. The van der Waals surface area contributed by atoms with Crippen molar-refractivity contribution in [1.29, 1.82) is 5.26 Å². The molecule has 3 aromatic heterocycles. The van der Waals surface area contributed by atoms with Gasteiger partial charge in [-0.1, -0.05) is 30.3 Å². The van der Waals surface area contributed by atoms with Gasteiger partial charge in [-0.2, -0.15) is 28.5 Å². The van der Waals surface area contributed by atoms with Crippen molar-refractivity contribution in [3.8, 4) is 17.2 Å². The van der Waals surface area contributed by atoms with Crippen LogP contribution >= 0.6 is 0 Å². The van der Waals surface area contributed by atoms with E-state index < -0.39 is 12.1 Å². The van der Waals surface area contributed by atoms with Crippen LogP contribution in [0.3, 0.4) is 0 Å². The molecular weight excluding hydrogens is 679 g/mol. The molecule has 2 aliphatic rings. The summed E-state index contributed by atoms with van der Waals surface area (Å²) in [7, 11) is 1.88. The van der Waals surface area contributed by atoms with Gasteiger partial charge in [0.05, 0.1) is 12.4 Å². The number of amides is 2. The highest BCUT2D eigenvalue weighted by Gasteiger charge is 2.38. The number of anilines is 3. The number of pyridine rings is 1. The van der Waals surface area contributed by atoms with Crippen molar-refractivity contribution in [2.24, 2.45) is 13.0 Å². The molecule has 14 nitrogen and oxygen atoms in total. The van der Waals surface area contributed by atoms with E-state index >= 15 is 0 Å². The number of halogens is 3. The normalized spacial score (nSPS) is 18.3. The minimum absolute atomic E-state index is 0.0188. The molecule has 6 rings (SSSR count). The third-order valence-corrected chi connectivity index (χ3v) is 8.81. The second kappa shape index (κ2) is 17.4. The third-order valence-electron chi connectivity index (χ3n) is 8.81. The maximum absolute atomic E-state index is 13.7. The van der Waals surface area contributed by atoms with Gasteiger partial charge in [0.15, 0.2) is 0 Å². The number of nitrogens with zero attached hydrogens (tertiary/aromatic N) is 7. The van der Waals surface area contributed by atoms with E-state index in [9.17, 15) is 23.2 Å². The number of benzene rings is 1. The number of nitrogens with one attached hydrogen (secondary N) is 4. The number of aliphatic carboxylic acids is 1. The van der Waals surface area contributed by atoms with Gasteiger partial charge in [-0.05, 0) is 68.8 Å². The predicted octanol–water partition coefficient (Wildman–Crippen LogP) is 4.94. The Morgan fingerprint density at radius 1 is 1.04 bits per heavy atom. The first-order valence-corrected chi connectivity index (χ1v) is 16.8. The van der Waals surface area contributed by atoms with Gasteiger partial charge in [0.25, 0.3) is 0 Å². The zero-order valence-corrected chi connectivity index (χ0v) is 28.5. The molecule has 1 aliphatic carbocycles. The van der Waals surface area contributed by atoms with E-state index in [-0.39, 0.29) is 18.1 Å². The number of rotatable bonds is 10. The van der Waals surface area contributed by atoms with E-state index in [0.717, 1.165) is 68.4 Å². The Balaban J connectivity index is 0.000000679. The van der Waals surface area contributed by atoms with Crippen LogP contribution in [0, 0.1) is 17.2 Å². The van der Waals surface area contributed by atoms with Crippen LogP contribution in [0.5, 0.6) is 0 Å². The largest absolute Gasteiger partial charge is 0.490 e. The molecule has 2 fully saturated rings. The zero-order valence-electron chi connectivity index (χ0n) is 28.5. The van der Waals surface area contributed by atoms with Crippen LogP contribution in [-0.2, 0) is 18.4 Å². The summed E-state index contributed by atoms with van der Waals surface area (Å²) < 4.78 is 33.5. The standard InChI is InChI=1S/C33H39N11O.C2HF3O2/c1-43-22-27(21-40-43)25-7-12-30(36-19-25)44(33(45)39-17-23-5-3-2-4-6-23)29-10-8-28(9-11-29)41-32-38-20-26(15-34)31(42-32)37-18-24-13-14-35-16-24;3-2(4,5)1(6)7/h2-7,12,19-22,24,28-29,35H,8-11,13-14,16-18H2,1H3,(H,39,45)(H2,37,38,41,42);(H,6,7). The second-order valence-corrected chi connectivity index (χ2v) is 12.6. The van der Waals surface area contributed by atoms with Crippen molar-refractivity contribution >= 4 is 29.6 Å². The number of hydrogen-bond donors (Lipinski definition) is 5. The first kappa shape index (κ1) is 37.5. The Labute approximate surface area is 298 Å². The maximum Gasteiger partial charge on any atom is 0.490 e. The number of carboxylic acid groups (broad SMARTS) is 1. The lowest BCUT2D eigenvalue weighted by molar-refractivity contribution is -0.192. The lowest BCUT2D eigenvalue weighted by Crippen LogP contribution is -2.49. The molecule has 1 aromatic carbocycles. The topological polar surface area (TPSA) is 186 Å². The van der Waals surface area contributed by atoms with Crippen LogP contribution in [0.1, 0.15) is 43.2 Å². The molecule has 0 bridgehead atoms. The van der Waals surface area contributed by atoms with E-state index in [1.807, 2.05) is 60.6 Å². The van der Waals surface area contributed by atoms with Gasteiger partial charge < -0.3 is 26.4 Å². The number of urea groups is 1. The van der Waals surface area contributed by atoms with Gasteiger partial charge in [0.2, 0.25) is 5.95 Å². The number of nitriles is 1. The van der Waals surface area contributed by atoms with Crippen molar-refractivity contribution in [1.82, 2.24) is 35.4 Å². The molecule has 1 atom stereocenters. The number of aryl methyl sites for hydroxylation is 1. The van der Waals surface area contributed by atoms with Gasteiger partial charge in [-0.3, -0.25) is 9.58 Å². The maximum atomic E-state index is 13.7. The number of carboxylic acids is 1. The molecule has 5 N–H and O–H groups in total. The summed E-state index contributed by atoms with van der Waals surface area (Å²) in [5, 5.41) is 34.3. The highest BCUT2D eigenvalue weighted by atomic mass is 19.4. The number of carbonyl (C=O) groups excluding carboxylic acids is 1. The number of hydrogen-bond acceptors (Lipinski definition) is 10. The smallest absolute Gasteiger partial charge is 0.475 e. The minimum atomic E-state index is -5.08. The van der Waals surface area contributed by atoms with Gasteiger partial charge in [-0.25, -0.2) is 19.6 Å². The molecule has 274 valence electrons. The third kappa shape index (κ3) is 10.4. The summed E-state index contributed by atoms with van der Waals surface area (Å²) in [4.78, 5) is 38.2. The molecule has 17 heteroatoms. The molecule has 1 saturated carbocycles. The summed E-state index contributed by atoms with van der Waals surface area (Å²) in [6.45, 7) is 3.20. The van der Waals surface area contributed by atoms with Crippen molar-refractivity contribution in [3.63, 3.8) is 0 Å². The Hall–Kier alpha value is -5.76. The molecule has 1 unspecified atom stereocenters. The van der Waals surface area contributed by atoms with E-state index in [1.165, 1.54) is 0 Å². The summed E-state index contributed by atoms with van der Waals surface area (Å²) in [5.74, 6) is -0.542. The number of alkyl halides is 3. The van der Waals surface area contributed by atoms with Gasteiger partial charge >= 0.3 is 18.2 Å². The molecule has 4 heterocycles.